The fourth-order valence-electron chi connectivity index (χ4n) is 2.89. The van der Waals surface area contributed by atoms with Crippen molar-refractivity contribution >= 4 is 22.7 Å². The van der Waals surface area contributed by atoms with Crippen LogP contribution in [0.25, 0.3) is 11.1 Å². The third kappa shape index (κ3) is 3.36. The number of carbonyl (C=O) groups is 1. The molecule has 0 aliphatic heterocycles. The largest absolute Gasteiger partial charge is 0.483 e. The lowest BCUT2D eigenvalue weighted by Gasteiger charge is -2.11. The molecule has 1 heterocycles. The van der Waals surface area contributed by atoms with Crippen LogP contribution in [-0.2, 0) is 4.79 Å². The van der Waals surface area contributed by atoms with Gasteiger partial charge >= 0.3 is 0 Å². The number of aromatic nitrogens is 1. The average molecular weight is 336 g/mol. The summed E-state index contributed by atoms with van der Waals surface area (Å²) in [6, 6.07) is 11.4. The molecule has 4 rings (SSSR count). The summed E-state index contributed by atoms with van der Waals surface area (Å²) in [5.74, 6) is 1.83. The number of ether oxygens (including phenoxy) is 1. The maximum atomic E-state index is 12.2. The Hall–Kier alpha value is -2.82. The predicted octanol–water partition coefficient (Wildman–Crippen LogP) is 4.34. The molecule has 0 saturated heterocycles. The van der Waals surface area contributed by atoms with Gasteiger partial charge in [-0.3, -0.25) is 4.79 Å². The zero-order chi connectivity index (χ0) is 17.4. The van der Waals surface area contributed by atoms with Crippen molar-refractivity contribution in [3.63, 3.8) is 0 Å². The van der Waals surface area contributed by atoms with Gasteiger partial charge in [-0.05, 0) is 56.0 Å². The number of oxazole rings is 1. The number of hydrogen-bond acceptors (Lipinski definition) is 4. The number of nitrogens with one attached hydrogen (secondary N) is 1. The van der Waals surface area contributed by atoms with E-state index in [0.29, 0.717) is 11.6 Å². The van der Waals surface area contributed by atoms with E-state index >= 15 is 0 Å². The maximum absolute atomic E-state index is 12.2. The summed E-state index contributed by atoms with van der Waals surface area (Å²) in [5.41, 5.74) is 4.26. The van der Waals surface area contributed by atoms with E-state index in [9.17, 15) is 4.79 Å². The van der Waals surface area contributed by atoms with E-state index in [1.807, 2.05) is 50.2 Å². The van der Waals surface area contributed by atoms with Crippen LogP contribution in [0.4, 0.5) is 5.69 Å². The van der Waals surface area contributed by atoms with Crippen molar-refractivity contribution < 1.29 is 13.9 Å². The van der Waals surface area contributed by atoms with Gasteiger partial charge < -0.3 is 14.5 Å². The standard InChI is InChI=1S/C20H20N2O3/c1-12-4-3-5-13(2)19(12)24-11-18(23)21-15-8-9-17-16(10-15)22-20(25-17)14-6-7-14/h3-5,8-10,14H,6-7,11H2,1-2H3,(H,21,23). The van der Waals surface area contributed by atoms with Crippen molar-refractivity contribution in [1.82, 2.24) is 4.98 Å². The summed E-state index contributed by atoms with van der Waals surface area (Å²) >= 11 is 0. The maximum Gasteiger partial charge on any atom is 0.262 e. The number of rotatable bonds is 5. The first kappa shape index (κ1) is 15.7. The molecule has 3 aromatic rings. The first-order valence-corrected chi connectivity index (χ1v) is 8.49. The molecule has 0 unspecified atom stereocenters. The van der Waals surface area contributed by atoms with Crippen LogP contribution in [0.2, 0.25) is 0 Å². The number of anilines is 1. The number of aryl methyl sites for hydroxylation is 2. The van der Waals surface area contributed by atoms with Crippen LogP contribution >= 0.6 is 0 Å². The topological polar surface area (TPSA) is 64.4 Å². The van der Waals surface area contributed by atoms with Crippen LogP contribution < -0.4 is 10.1 Å². The lowest BCUT2D eigenvalue weighted by molar-refractivity contribution is -0.118. The molecule has 1 fully saturated rings. The third-order valence-electron chi connectivity index (χ3n) is 4.37. The van der Waals surface area contributed by atoms with Gasteiger partial charge in [-0.15, -0.1) is 0 Å². The SMILES string of the molecule is Cc1cccc(C)c1OCC(=O)Nc1ccc2oc(C3CC3)nc2c1. The monoisotopic (exact) mass is 336 g/mol. The van der Waals surface area contributed by atoms with E-state index in [-0.39, 0.29) is 12.5 Å². The molecule has 1 saturated carbocycles. The van der Waals surface area contributed by atoms with Crippen molar-refractivity contribution in [1.29, 1.82) is 0 Å². The molecule has 0 radical (unpaired) electrons. The normalized spacial score (nSPS) is 13.8. The van der Waals surface area contributed by atoms with E-state index in [0.717, 1.165) is 46.7 Å². The van der Waals surface area contributed by atoms with Gasteiger partial charge in [0.05, 0.1) is 0 Å². The number of hydrogen-bond donors (Lipinski definition) is 1. The highest BCUT2D eigenvalue weighted by atomic mass is 16.5. The molecular weight excluding hydrogens is 316 g/mol. The van der Waals surface area contributed by atoms with E-state index in [2.05, 4.69) is 10.3 Å². The van der Waals surface area contributed by atoms with E-state index < -0.39 is 0 Å². The number of carbonyl (C=O) groups excluding carboxylic acids is 1. The molecule has 5 nitrogen and oxygen atoms in total. The molecule has 128 valence electrons. The Bertz CT molecular complexity index is 921. The van der Waals surface area contributed by atoms with Gasteiger partial charge in [0.15, 0.2) is 18.1 Å². The molecule has 0 spiro atoms. The van der Waals surface area contributed by atoms with Crippen molar-refractivity contribution in [2.24, 2.45) is 0 Å². The van der Waals surface area contributed by atoms with Gasteiger partial charge in [0.25, 0.3) is 5.91 Å². The van der Waals surface area contributed by atoms with E-state index in [4.69, 9.17) is 9.15 Å². The van der Waals surface area contributed by atoms with Gasteiger partial charge in [0.1, 0.15) is 11.3 Å². The number of benzene rings is 2. The zero-order valence-electron chi connectivity index (χ0n) is 14.3. The van der Waals surface area contributed by atoms with Crippen molar-refractivity contribution in [3.05, 3.63) is 53.4 Å². The third-order valence-corrected chi connectivity index (χ3v) is 4.37. The summed E-state index contributed by atoms with van der Waals surface area (Å²) in [6.07, 6.45) is 2.29. The Morgan fingerprint density at radius 1 is 1.24 bits per heavy atom. The Labute approximate surface area is 146 Å². The second kappa shape index (κ2) is 6.24. The van der Waals surface area contributed by atoms with Gasteiger partial charge in [-0.1, -0.05) is 18.2 Å². The zero-order valence-corrected chi connectivity index (χ0v) is 14.3. The molecule has 2 aromatic carbocycles. The quantitative estimate of drug-likeness (QED) is 0.753. The average Bonchev–Trinajstić information content (AvgIpc) is 3.34. The molecule has 25 heavy (non-hydrogen) atoms. The highest BCUT2D eigenvalue weighted by Crippen LogP contribution is 2.40. The summed E-state index contributed by atoms with van der Waals surface area (Å²) in [6.45, 7) is 3.91. The Morgan fingerprint density at radius 3 is 2.72 bits per heavy atom. The molecule has 0 bridgehead atoms. The van der Waals surface area contributed by atoms with Crippen LogP contribution in [0.15, 0.2) is 40.8 Å². The Morgan fingerprint density at radius 2 is 2.00 bits per heavy atom. The van der Waals surface area contributed by atoms with Gasteiger partial charge in [-0.2, -0.15) is 0 Å². The number of fused-ring (bicyclic) bond motifs is 1. The first-order chi connectivity index (χ1) is 12.1. The summed E-state index contributed by atoms with van der Waals surface area (Å²) in [5, 5.41) is 2.85. The minimum Gasteiger partial charge on any atom is -0.483 e. The van der Waals surface area contributed by atoms with Gasteiger partial charge in [-0.25, -0.2) is 4.98 Å². The smallest absolute Gasteiger partial charge is 0.262 e. The van der Waals surface area contributed by atoms with E-state index in [1.165, 1.54) is 0 Å². The molecular formula is C20H20N2O3. The van der Waals surface area contributed by atoms with Crippen LogP contribution in [0.5, 0.6) is 5.75 Å². The number of nitrogens with zero attached hydrogens (tertiary/aromatic N) is 1. The summed E-state index contributed by atoms with van der Waals surface area (Å²) in [7, 11) is 0. The lowest BCUT2D eigenvalue weighted by Crippen LogP contribution is -2.20. The van der Waals surface area contributed by atoms with Gasteiger partial charge in [0.2, 0.25) is 0 Å². The highest BCUT2D eigenvalue weighted by Gasteiger charge is 2.28. The summed E-state index contributed by atoms with van der Waals surface area (Å²) < 4.78 is 11.4. The van der Waals surface area contributed by atoms with Crippen LogP contribution in [0.3, 0.4) is 0 Å². The van der Waals surface area contributed by atoms with Crippen LogP contribution in [0.1, 0.15) is 35.8 Å². The van der Waals surface area contributed by atoms with Crippen LogP contribution in [0, 0.1) is 13.8 Å². The van der Waals surface area contributed by atoms with Crippen LogP contribution in [-0.4, -0.2) is 17.5 Å². The molecule has 1 N–H and O–H groups in total. The molecule has 5 heteroatoms. The molecule has 1 aromatic heterocycles. The lowest BCUT2D eigenvalue weighted by atomic mass is 10.1. The fraction of sp³-hybridized carbons (Fsp3) is 0.300. The Balaban J connectivity index is 1.42. The second-order valence-electron chi connectivity index (χ2n) is 6.57. The molecule has 1 aliphatic rings. The van der Waals surface area contributed by atoms with Crippen molar-refractivity contribution in [3.8, 4) is 5.75 Å². The number of para-hydroxylation sites is 1. The minimum absolute atomic E-state index is 0.0319. The van der Waals surface area contributed by atoms with Crippen molar-refractivity contribution in [2.75, 3.05) is 11.9 Å². The first-order valence-electron chi connectivity index (χ1n) is 8.49. The summed E-state index contributed by atoms with van der Waals surface area (Å²) in [4.78, 5) is 16.7. The molecule has 1 amide bonds. The highest BCUT2D eigenvalue weighted by molar-refractivity contribution is 5.93. The number of amides is 1. The predicted molar refractivity (Wildman–Crippen MR) is 96.0 cm³/mol. The Kier molecular flexibility index (Phi) is 3.92. The minimum atomic E-state index is -0.201. The molecule has 0 atom stereocenters. The van der Waals surface area contributed by atoms with Crippen molar-refractivity contribution in [2.45, 2.75) is 32.6 Å². The fourth-order valence-corrected chi connectivity index (χ4v) is 2.89. The van der Waals surface area contributed by atoms with E-state index in [1.54, 1.807) is 0 Å². The second-order valence-corrected chi connectivity index (χ2v) is 6.57. The van der Waals surface area contributed by atoms with Gasteiger partial charge in [0, 0.05) is 11.6 Å². The molecule has 1 aliphatic carbocycles.